The van der Waals surface area contributed by atoms with Crippen LogP contribution in [0.3, 0.4) is 0 Å². The van der Waals surface area contributed by atoms with Crippen LogP contribution in [0.4, 0.5) is 5.69 Å². The zero-order chi connectivity index (χ0) is 36.0. The lowest BCUT2D eigenvalue weighted by Gasteiger charge is -2.29. The number of aromatic nitrogens is 3. The second-order valence-electron chi connectivity index (χ2n) is 13.7. The topological polar surface area (TPSA) is 74.9 Å². The van der Waals surface area contributed by atoms with E-state index in [1.165, 1.54) is 33.2 Å². The average Bonchev–Trinajstić information content (AvgIpc) is 3.67. The molecular formula is C44H49N5O4. The molecule has 4 heterocycles. The molecule has 1 saturated heterocycles. The molecule has 4 aromatic carbocycles. The van der Waals surface area contributed by atoms with Crippen LogP contribution >= 0.6 is 0 Å². The highest BCUT2D eigenvalue weighted by molar-refractivity contribution is 5.99. The maximum atomic E-state index is 6.46. The molecule has 0 bridgehead atoms. The number of rotatable bonds is 12. The SMILES string of the molecule is CCOCc1c(CCCOc2cccc3ccccc23)c2cccc3c2n1C/C=C\COCc1c-3c(COc2ccc(N3CCNCC3)cc2)nn1C. The summed E-state index contributed by atoms with van der Waals surface area (Å²) in [5.74, 6) is 1.76. The average molecular weight is 712 g/mol. The Morgan fingerprint density at radius 2 is 1.66 bits per heavy atom. The number of fused-ring (bicyclic) bond motifs is 3. The van der Waals surface area contributed by atoms with Crippen LogP contribution in [0.25, 0.3) is 32.8 Å². The lowest BCUT2D eigenvalue weighted by Crippen LogP contribution is -2.43. The predicted molar refractivity (Wildman–Crippen MR) is 212 cm³/mol. The lowest BCUT2D eigenvalue weighted by molar-refractivity contribution is 0.128. The van der Waals surface area contributed by atoms with Crippen molar-refractivity contribution < 1.29 is 18.9 Å². The number of hydrogen-bond donors (Lipinski definition) is 1. The molecule has 1 N–H and O–H groups in total. The Bertz CT molecular complexity index is 2190. The highest BCUT2D eigenvalue weighted by Crippen LogP contribution is 2.39. The minimum atomic E-state index is 0.343. The van der Waals surface area contributed by atoms with Crippen LogP contribution < -0.4 is 19.7 Å². The maximum absolute atomic E-state index is 6.46. The van der Waals surface area contributed by atoms with Gasteiger partial charge in [-0.1, -0.05) is 66.7 Å². The number of ether oxygens (including phenoxy) is 4. The standard InChI is InChI=1S/C44H49N5O4/c1-3-50-30-40-36(16-10-28-52-42-17-8-12-32-11-4-5-13-35(32)42)37-14-9-15-38-43-39(29-53-34-20-18-33(19-21-34)48-25-22-45-23-26-48)46-47(2)41(43)31-51-27-7-6-24-49(40)44(37)38/h4-9,11-15,17-21,45H,3,10,16,22-31H2,1-2H3/b7-6-. The van der Waals surface area contributed by atoms with E-state index in [9.17, 15) is 0 Å². The summed E-state index contributed by atoms with van der Waals surface area (Å²) < 4.78 is 29.6. The summed E-state index contributed by atoms with van der Waals surface area (Å²) in [6, 6.07) is 29.8. The van der Waals surface area contributed by atoms with Gasteiger partial charge in [0.25, 0.3) is 0 Å². The summed E-state index contributed by atoms with van der Waals surface area (Å²) in [5, 5.41) is 12.0. The molecule has 9 heteroatoms. The van der Waals surface area contributed by atoms with Gasteiger partial charge in [-0.05, 0) is 61.0 Å². The quantitative estimate of drug-likeness (QED) is 0.103. The van der Waals surface area contributed by atoms with Crippen molar-refractivity contribution in [3.63, 3.8) is 0 Å². The molecule has 9 nitrogen and oxygen atoms in total. The Morgan fingerprint density at radius 1 is 0.849 bits per heavy atom. The predicted octanol–water partition coefficient (Wildman–Crippen LogP) is 7.82. The summed E-state index contributed by atoms with van der Waals surface area (Å²) in [4.78, 5) is 2.41. The van der Waals surface area contributed by atoms with Gasteiger partial charge in [0.05, 0.1) is 37.6 Å². The molecule has 0 saturated carbocycles. The molecule has 53 heavy (non-hydrogen) atoms. The van der Waals surface area contributed by atoms with Crippen molar-refractivity contribution in [3.8, 4) is 22.6 Å². The van der Waals surface area contributed by atoms with E-state index in [1.54, 1.807) is 0 Å². The van der Waals surface area contributed by atoms with Crippen molar-refractivity contribution in [1.29, 1.82) is 0 Å². The Morgan fingerprint density at radius 3 is 2.53 bits per heavy atom. The molecule has 0 aliphatic carbocycles. The largest absolute Gasteiger partial charge is 0.493 e. The van der Waals surface area contributed by atoms with E-state index in [0.717, 1.165) is 78.4 Å². The second kappa shape index (κ2) is 16.3. The first-order chi connectivity index (χ1) is 26.2. The number of hydrogen-bond acceptors (Lipinski definition) is 7. The molecule has 0 unspecified atom stereocenters. The Balaban J connectivity index is 1.12. The van der Waals surface area contributed by atoms with Crippen LogP contribution in [-0.2, 0) is 49.3 Å². The van der Waals surface area contributed by atoms with Crippen LogP contribution in [0.5, 0.6) is 11.5 Å². The molecule has 0 spiro atoms. The molecular weight excluding hydrogens is 663 g/mol. The monoisotopic (exact) mass is 711 g/mol. The summed E-state index contributed by atoms with van der Waals surface area (Å²) in [7, 11) is 2.00. The fourth-order valence-corrected chi connectivity index (χ4v) is 7.83. The highest BCUT2D eigenvalue weighted by atomic mass is 16.5. The first-order valence-corrected chi connectivity index (χ1v) is 19.0. The van der Waals surface area contributed by atoms with Crippen LogP contribution in [0.1, 0.15) is 36.0 Å². The normalized spacial score (nSPS) is 15.3. The maximum Gasteiger partial charge on any atom is 0.133 e. The van der Waals surface area contributed by atoms with Crippen molar-refractivity contribution >= 4 is 27.4 Å². The minimum absolute atomic E-state index is 0.343. The van der Waals surface area contributed by atoms with Crippen LogP contribution in [0, 0.1) is 0 Å². The van der Waals surface area contributed by atoms with Gasteiger partial charge in [0, 0.05) is 79.7 Å². The van der Waals surface area contributed by atoms with Crippen molar-refractivity contribution in [3.05, 3.63) is 120 Å². The lowest BCUT2D eigenvalue weighted by atomic mass is 9.98. The zero-order valence-electron chi connectivity index (χ0n) is 30.9. The van der Waals surface area contributed by atoms with Crippen molar-refractivity contribution in [2.45, 2.75) is 46.1 Å². The third kappa shape index (κ3) is 7.42. The molecule has 2 aromatic heterocycles. The number of nitrogens with one attached hydrogen (secondary N) is 1. The smallest absolute Gasteiger partial charge is 0.133 e. The molecule has 6 aromatic rings. The number of benzene rings is 4. The fourth-order valence-electron chi connectivity index (χ4n) is 7.83. The van der Waals surface area contributed by atoms with E-state index < -0.39 is 0 Å². The molecule has 8 rings (SSSR count). The Labute approximate surface area is 311 Å². The number of nitrogens with zero attached hydrogens (tertiary/aromatic N) is 4. The Hall–Kier alpha value is -5.09. The van der Waals surface area contributed by atoms with Gasteiger partial charge in [-0.25, -0.2) is 0 Å². The zero-order valence-corrected chi connectivity index (χ0v) is 30.9. The van der Waals surface area contributed by atoms with E-state index in [0.29, 0.717) is 46.2 Å². The molecule has 2 aliphatic rings. The summed E-state index contributed by atoms with van der Waals surface area (Å²) in [6.07, 6.45) is 6.07. The van der Waals surface area contributed by atoms with E-state index >= 15 is 0 Å². The van der Waals surface area contributed by atoms with E-state index in [2.05, 4.69) is 119 Å². The number of allylic oxidation sites excluding steroid dienone is 1. The molecule has 0 radical (unpaired) electrons. The Kier molecular flexibility index (Phi) is 10.7. The highest BCUT2D eigenvalue weighted by Gasteiger charge is 2.26. The van der Waals surface area contributed by atoms with Crippen LogP contribution in [0.2, 0.25) is 0 Å². The first-order valence-electron chi connectivity index (χ1n) is 19.0. The fraction of sp³-hybridized carbons (Fsp3) is 0.341. The van der Waals surface area contributed by atoms with Crippen molar-refractivity contribution in [2.75, 3.05) is 50.9 Å². The molecule has 1 fully saturated rings. The van der Waals surface area contributed by atoms with Gasteiger partial charge in [0.2, 0.25) is 0 Å². The van der Waals surface area contributed by atoms with Crippen molar-refractivity contribution in [1.82, 2.24) is 19.7 Å². The van der Waals surface area contributed by atoms with Gasteiger partial charge in [0.15, 0.2) is 0 Å². The van der Waals surface area contributed by atoms with Gasteiger partial charge in [-0.15, -0.1) is 0 Å². The summed E-state index contributed by atoms with van der Waals surface area (Å²) >= 11 is 0. The van der Waals surface area contributed by atoms with Crippen molar-refractivity contribution in [2.24, 2.45) is 7.05 Å². The van der Waals surface area contributed by atoms with Gasteiger partial charge < -0.3 is 33.7 Å². The molecule has 0 amide bonds. The van der Waals surface area contributed by atoms with E-state index in [-0.39, 0.29) is 0 Å². The molecule has 274 valence electrons. The number of piperazine rings is 1. The third-order valence-corrected chi connectivity index (χ3v) is 10.4. The van der Waals surface area contributed by atoms with Gasteiger partial charge in [-0.2, -0.15) is 5.10 Å². The van der Waals surface area contributed by atoms with Crippen LogP contribution in [0.15, 0.2) is 97.1 Å². The van der Waals surface area contributed by atoms with E-state index in [1.807, 2.05) is 11.7 Å². The number of para-hydroxylation sites is 1. The van der Waals surface area contributed by atoms with Gasteiger partial charge >= 0.3 is 0 Å². The summed E-state index contributed by atoms with van der Waals surface area (Å²) in [6.45, 7) is 9.93. The summed E-state index contributed by atoms with van der Waals surface area (Å²) in [5.41, 5.74) is 9.06. The van der Waals surface area contributed by atoms with Gasteiger partial charge in [-0.3, -0.25) is 4.68 Å². The third-order valence-electron chi connectivity index (χ3n) is 10.4. The van der Waals surface area contributed by atoms with Gasteiger partial charge in [0.1, 0.15) is 23.8 Å². The molecule has 2 aliphatic heterocycles. The minimum Gasteiger partial charge on any atom is -0.493 e. The van der Waals surface area contributed by atoms with Crippen LogP contribution in [-0.4, -0.2) is 60.3 Å². The van der Waals surface area contributed by atoms with E-state index in [4.69, 9.17) is 24.0 Å². The number of aryl methyl sites for hydroxylation is 2. The second-order valence-corrected chi connectivity index (χ2v) is 13.7. The first kappa shape index (κ1) is 35.0. The molecule has 0 atom stereocenters. The number of anilines is 1.